The summed E-state index contributed by atoms with van der Waals surface area (Å²) in [6, 6.07) is 11.7. The van der Waals surface area contributed by atoms with Crippen LogP contribution in [0.5, 0.6) is 0 Å². The van der Waals surface area contributed by atoms with Crippen LogP contribution in [0.1, 0.15) is 62.0 Å². The fourth-order valence-electron chi connectivity index (χ4n) is 2.82. The van der Waals surface area contributed by atoms with Crippen molar-refractivity contribution in [3.05, 3.63) is 80.9 Å². The molecule has 0 heterocycles. The van der Waals surface area contributed by atoms with E-state index in [1.165, 1.54) is 19.6 Å². The summed E-state index contributed by atoms with van der Waals surface area (Å²) in [6.45, 7) is 9.27. The summed E-state index contributed by atoms with van der Waals surface area (Å²) in [4.78, 5) is 21.2. The zero-order valence-electron chi connectivity index (χ0n) is 24.4. The lowest BCUT2D eigenvalue weighted by Gasteiger charge is -2.17. The number of carbonyl (C=O) groups is 1. The maximum absolute atomic E-state index is 12.5. The zero-order chi connectivity index (χ0) is 32.2. The third-order valence-electron chi connectivity index (χ3n) is 4.97. The van der Waals surface area contributed by atoms with Gasteiger partial charge in [0.25, 0.3) is 0 Å². The Bertz CT molecular complexity index is 965. The van der Waals surface area contributed by atoms with E-state index >= 15 is 0 Å². The van der Waals surface area contributed by atoms with E-state index in [0.29, 0.717) is 25.3 Å². The van der Waals surface area contributed by atoms with E-state index in [9.17, 15) is 31.1 Å². The maximum atomic E-state index is 12.5. The number of likely N-dealkylation sites (N-methyl/N-ethyl adjacent to an activating group) is 1. The van der Waals surface area contributed by atoms with Gasteiger partial charge in [-0.1, -0.05) is 49.2 Å². The highest BCUT2D eigenvalue weighted by Crippen LogP contribution is 2.37. The molecule has 13 heteroatoms. The molecule has 41 heavy (non-hydrogen) atoms. The molecular formula is C28H40F6N2O5. The van der Waals surface area contributed by atoms with E-state index in [1.807, 2.05) is 37.1 Å². The number of hydrogen-bond donors (Lipinski definition) is 0. The normalized spacial score (nSPS) is 11.6. The Labute approximate surface area is 237 Å². The Morgan fingerprint density at radius 3 is 1.78 bits per heavy atom. The highest BCUT2D eigenvalue weighted by Gasteiger charge is 2.37. The second-order valence-electron chi connectivity index (χ2n) is 8.71. The van der Waals surface area contributed by atoms with Gasteiger partial charge in [-0.25, -0.2) is 0 Å². The van der Waals surface area contributed by atoms with Crippen LogP contribution in [0.15, 0.2) is 48.5 Å². The molecule has 2 rings (SSSR count). The van der Waals surface area contributed by atoms with Crippen molar-refractivity contribution in [2.45, 2.75) is 59.0 Å². The first kappa shape index (κ1) is 40.0. The average molecular weight is 599 g/mol. The molecule has 0 saturated carbocycles. The van der Waals surface area contributed by atoms with Gasteiger partial charge in [0.05, 0.1) is 30.4 Å². The minimum atomic E-state index is -4.83. The molecule has 2 aromatic rings. The lowest BCUT2D eigenvalue weighted by atomic mass is 10.0. The molecule has 0 bridgehead atoms. The summed E-state index contributed by atoms with van der Waals surface area (Å²) >= 11 is 0. The second kappa shape index (κ2) is 20.7. The molecule has 1 atom stereocenters. The van der Waals surface area contributed by atoms with Gasteiger partial charge in [0, 0.05) is 12.0 Å². The number of methoxy groups -OCH3 is 1. The lowest BCUT2D eigenvalue weighted by Crippen LogP contribution is -2.28. The molecule has 0 N–H and O–H groups in total. The number of unbranched alkanes of at least 4 members (excludes halogenated alkanes) is 1. The second-order valence-corrected chi connectivity index (χ2v) is 8.71. The Balaban J connectivity index is 0. The maximum Gasteiger partial charge on any atom is 0.416 e. The van der Waals surface area contributed by atoms with Gasteiger partial charge in [-0.05, 0) is 64.5 Å². The predicted octanol–water partition coefficient (Wildman–Crippen LogP) is 7.60. The summed E-state index contributed by atoms with van der Waals surface area (Å²) in [6.07, 6.45) is -8.22. The SMILES string of the molecule is CCCCN(C)CC(=O)OCC.COC(C)c1cc(C(F)(F)F)cc(C(F)(F)F)c1.C[N+](=O)[O-].Cc1ccccc1. The van der Waals surface area contributed by atoms with Gasteiger partial charge in [0.1, 0.15) is 0 Å². The van der Waals surface area contributed by atoms with E-state index in [2.05, 4.69) is 26.0 Å². The van der Waals surface area contributed by atoms with Crippen molar-refractivity contribution >= 4 is 5.97 Å². The topological polar surface area (TPSA) is 81.9 Å². The molecule has 234 valence electrons. The Morgan fingerprint density at radius 1 is 1.00 bits per heavy atom. The number of ether oxygens (including phenoxy) is 2. The molecule has 0 aliphatic heterocycles. The van der Waals surface area contributed by atoms with Crippen molar-refractivity contribution in [2.24, 2.45) is 0 Å². The molecule has 0 fully saturated rings. The van der Waals surface area contributed by atoms with Crippen LogP contribution in [0, 0.1) is 17.0 Å². The van der Waals surface area contributed by atoms with Crippen LogP contribution in [0.3, 0.4) is 0 Å². The van der Waals surface area contributed by atoms with E-state index in [-0.39, 0.29) is 17.6 Å². The number of halogens is 6. The molecule has 0 radical (unpaired) electrons. The standard InChI is InChI=1S/C11H10F6O.C9H19NO2.C7H8.CH3NO2/c1-6(18-2)7-3-8(10(12,13)14)5-9(4-7)11(15,16)17;1-4-6-7-10(3)8-9(11)12-5-2;1-7-5-3-2-4-6-7;1-2(3)4/h3-6H,1-2H3;4-8H2,1-3H3;2-6H,1H3;1H3. The smallest absolute Gasteiger partial charge is 0.416 e. The zero-order valence-corrected chi connectivity index (χ0v) is 24.4. The molecule has 1 unspecified atom stereocenters. The number of carbonyl (C=O) groups excluding carboxylic acids is 1. The van der Waals surface area contributed by atoms with E-state index < -0.39 is 34.5 Å². The first-order valence-electron chi connectivity index (χ1n) is 12.6. The number of alkyl halides is 6. The largest absolute Gasteiger partial charge is 0.465 e. The number of rotatable bonds is 8. The van der Waals surface area contributed by atoms with Gasteiger partial charge < -0.3 is 9.47 Å². The molecule has 0 spiro atoms. The van der Waals surface area contributed by atoms with E-state index in [1.54, 1.807) is 0 Å². The van der Waals surface area contributed by atoms with Crippen LogP contribution in [-0.2, 0) is 26.6 Å². The van der Waals surface area contributed by atoms with Crippen molar-refractivity contribution < 1.29 is 45.5 Å². The molecule has 0 aliphatic rings. The van der Waals surface area contributed by atoms with Crippen LogP contribution in [-0.4, -0.2) is 56.7 Å². The van der Waals surface area contributed by atoms with Crippen molar-refractivity contribution in [3.63, 3.8) is 0 Å². The summed E-state index contributed by atoms with van der Waals surface area (Å²) in [5, 5.41) is 8.81. The Kier molecular flexibility index (Phi) is 20.1. The van der Waals surface area contributed by atoms with Gasteiger partial charge in [-0.3, -0.25) is 19.8 Å². The van der Waals surface area contributed by atoms with Crippen molar-refractivity contribution in [3.8, 4) is 0 Å². The van der Waals surface area contributed by atoms with Crippen LogP contribution in [0.2, 0.25) is 0 Å². The number of esters is 1. The summed E-state index contributed by atoms with van der Waals surface area (Å²) in [7, 11) is 4.03. The Hall–Kier alpha value is -3.19. The molecule has 0 saturated heterocycles. The highest BCUT2D eigenvalue weighted by molar-refractivity contribution is 5.71. The Morgan fingerprint density at radius 2 is 1.46 bits per heavy atom. The first-order valence-corrected chi connectivity index (χ1v) is 12.6. The summed E-state index contributed by atoms with van der Waals surface area (Å²) in [5.74, 6) is -0.129. The summed E-state index contributed by atoms with van der Waals surface area (Å²) < 4.78 is 84.5. The highest BCUT2D eigenvalue weighted by atomic mass is 19.4. The minimum Gasteiger partial charge on any atom is -0.465 e. The van der Waals surface area contributed by atoms with Crippen LogP contribution >= 0.6 is 0 Å². The van der Waals surface area contributed by atoms with Crippen molar-refractivity contribution in [1.82, 2.24) is 4.90 Å². The van der Waals surface area contributed by atoms with Crippen LogP contribution in [0.25, 0.3) is 0 Å². The monoisotopic (exact) mass is 598 g/mol. The van der Waals surface area contributed by atoms with Gasteiger partial charge in [0.15, 0.2) is 7.05 Å². The fraction of sp³-hybridized carbons (Fsp3) is 0.536. The number of aryl methyl sites for hydroxylation is 1. The van der Waals surface area contributed by atoms with Gasteiger partial charge in [-0.15, -0.1) is 0 Å². The molecule has 0 amide bonds. The van der Waals surface area contributed by atoms with E-state index in [0.717, 1.165) is 26.4 Å². The van der Waals surface area contributed by atoms with Gasteiger partial charge in [-0.2, -0.15) is 26.3 Å². The van der Waals surface area contributed by atoms with Gasteiger partial charge >= 0.3 is 18.3 Å². The van der Waals surface area contributed by atoms with Crippen LogP contribution in [0.4, 0.5) is 26.3 Å². The van der Waals surface area contributed by atoms with Crippen molar-refractivity contribution in [1.29, 1.82) is 0 Å². The number of nitrogens with zero attached hydrogens (tertiary/aromatic N) is 2. The van der Waals surface area contributed by atoms with Gasteiger partial charge in [0.2, 0.25) is 0 Å². The third kappa shape index (κ3) is 21.3. The molecular weight excluding hydrogens is 558 g/mol. The average Bonchev–Trinajstić information content (AvgIpc) is 2.86. The lowest BCUT2D eigenvalue weighted by molar-refractivity contribution is -0.445. The molecule has 7 nitrogen and oxygen atoms in total. The molecule has 0 aliphatic carbocycles. The predicted molar refractivity (Wildman–Crippen MR) is 145 cm³/mol. The third-order valence-corrected chi connectivity index (χ3v) is 4.97. The molecule has 0 aromatic heterocycles. The minimum absolute atomic E-state index is 0.0892. The fourth-order valence-corrected chi connectivity index (χ4v) is 2.82. The van der Waals surface area contributed by atoms with E-state index in [4.69, 9.17) is 19.6 Å². The quantitative estimate of drug-likeness (QED) is 0.135. The first-order chi connectivity index (χ1) is 18.9. The van der Waals surface area contributed by atoms with Crippen LogP contribution < -0.4 is 0 Å². The number of benzene rings is 2. The summed E-state index contributed by atoms with van der Waals surface area (Å²) in [5.41, 5.74) is -1.52. The van der Waals surface area contributed by atoms with Crippen molar-refractivity contribution in [2.75, 3.05) is 40.9 Å². The number of nitro groups is 1. The number of hydrogen-bond acceptors (Lipinski definition) is 6. The molecule has 2 aromatic carbocycles.